The molecule has 4 heterocycles. The number of hydrogen-bond acceptors (Lipinski definition) is 7. The van der Waals surface area contributed by atoms with Gasteiger partial charge >= 0.3 is 6.09 Å². The summed E-state index contributed by atoms with van der Waals surface area (Å²) in [6, 6.07) is 10.4. The molecule has 1 saturated heterocycles. The van der Waals surface area contributed by atoms with Crippen LogP contribution in [0.3, 0.4) is 0 Å². The third kappa shape index (κ3) is 4.11. The van der Waals surface area contributed by atoms with Crippen LogP contribution in [0.4, 0.5) is 20.8 Å². The predicted octanol–water partition coefficient (Wildman–Crippen LogP) is 4.54. The molecule has 12 heteroatoms. The molecule has 1 saturated carbocycles. The molecule has 5 N–H and O–H groups in total. The number of aromatic amines is 1. The smallest absolute Gasteiger partial charge is 0.404 e. The summed E-state index contributed by atoms with van der Waals surface area (Å²) in [5, 5.41) is 12.8. The lowest BCUT2D eigenvalue weighted by atomic mass is 9.90. The normalized spacial score (nSPS) is 22.6. The molecule has 4 aromatic rings. The van der Waals surface area contributed by atoms with Gasteiger partial charge in [-0.2, -0.15) is 0 Å². The quantitative estimate of drug-likeness (QED) is 0.281. The Balaban J connectivity index is 1.25. The van der Waals surface area contributed by atoms with E-state index < -0.39 is 11.5 Å². The second kappa shape index (κ2) is 9.07. The van der Waals surface area contributed by atoms with Crippen LogP contribution in [0.1, 0.15) is 12.0 Å². The Morgan fingerprint density at radius 3 is 2.97 bits per heavy atom. The molecule has 1 aliphatic heterocycles. The molecule has 6 rings (SSSR count). The number of amides is 1. The minimum atomic E-state index is -1.10. The molecule has 3 atom stereocenters. The number of H-pyrrole nitrogens is 1. The van der Waals surface area contributed by atoms with E-state index in [4.69, 9.17) is 22.3 Å². The summed E-state index contributed by atoms with van der Waals surface area (Å²) < 4.78 is 14.9. The third-order valence-corrected chi connectivity index (χ3v) is 8.94. The molecule has 0 spiro atoms. The van der Waals surface area contributed by atoms with Crippen molar-refractivity contribution in [3.63, 3.8) is 0 Å². The Bertz CT molecular complexity index is 1520. The van der Waals surface area contributed by atoms with E-state index in [9.17, 15) is 14.3 Å². The van der Waals surface area contributed by atoms with Crippen molar-refractivity contribution in [1.82, 2.24) is 25.3 Å². The van der Waals surface area contributed by atoms with Crippen LogP contribution in [0.2, 0.25) is 5.02 Å². The van der Waals surface area contributed by atoms with Gasteiger partial charge in [-0.3, -0.25) is 0 Å². The van der Waals surface area contributed by atoms with Crippen molar-refractivity contribution in [3.8, 4) is 0 Å². The molecule has 9 nitrogen and oxygen atoms in total. The second-order valence-electron chi connectivity index (χ2n) is 9.33. The molecule has 1 aliphatic carbocycles. The van der Waals surface area contributed by atoms with Gasteiger partial charge in [0.1, 0.15) is 28.0 Å². The summed E-state index contributed by atoms with van der Waals surface area (Å²) in [5.41, 5.74) is 7.20. The van der Waals surface area contributed by atoms with Gasteiger partial charge in [-0.05, 0) is 36.0 Å². The van der Waals surface area contributed by atoms with E-state index in [1.807, 2.05) is 6.07 Å². The van der Waals surface area contributed by atoms with Crippen LogP contribution < -0.4 is 16.0 Å². The molecule has 1 aromatic carbocycles. The molecule has 1 amide bonds. The van der Waals surface area contributed by atoms with Gasteiger partial charge < -0.3 is 26.0 Å². The van der Waals surface area contributed by atoms with Crippen molar-refractivity contribution in [2.24, 2.45) is 11.8 Å². The minimum absolute atomic E-state index is 0.114. The van der Waals surface area contributed by atoms with Crippen molar-refractivity contribution in [2.75, 3.05) is 30.3 Å². The Morgan fingerprint density at radius 1 is 1.32 bits per heavy atom. The van der Waals surface area contributed by atoms with Gasteiger partial charge in [0.25, 0.3) is 0 Å². The van der Waals surface area contributed by atoms with Crippen LogP contribution in [0.15, 0.2) is 58.7 Å². The maximum Gasteiger partial charge on any atom is 0.404 e. The number of rotatable bonds is 6. The average Bonchev–Trinajstić information content (AvgIpc) is 3.32. The summed E-state index contributed by atoms with van der Waals surface area (Å²) >= 11 is 7.63. The Labute approximate surface area is 220 Å². The highest BCUT2D eigenvalue weighted by Crippen LogP contribution is 2.63. The largest absolute Gasteiger partial charge is 0.465 e. The highest BCUT2D eigenvalue weighted by Gasteiger charge is 2.67. The Hall–Kier alpha value is -3.57. The van der Waals surface area contributed by atoms with Crippen molar-refractivity contribution in [2.45, 2.75) is 21.8 Å². The summed E-state index contributed by atoms with van der Waals surface area (Å²) in [7, 11) is 0. The number of anilines is 2. The van der Waals surface area contributed by atoms with E-state index in [1.54, 1.807) is 36.7 Å². The number of halogens is 2. The molecule has 37 heavy (non-hydrogen) atoms. The minimum Gasteiger partial charge on any atom is -0.465 e. The zero-order valence-corrected chi connectivity index (χ0v) is 21.1. The number of nitrogen functional groups attached to an aromatic ring is 1. The number of piperidine rings is 1. The first kappa shape index (κ1) is 23.8. The van der Waals surface area contributed by atoms with Crippen LogP contribution in [-0.4, -0.2) is 50.8 Å². The number of hydrogen-bond donors (Lipinski definition) is 4. The molecule has 2 aliphatic rings. The van der Waals surface area contributed by atoms with E-state index in [0.29, 0.717) is 33.3 Å². The number of carboxylic acid groups (broad SMARTS) is 1. The van der Waals surface area contributed by atoms with Crippen molar-refractivity contribution >= 4 is 52.3 Å². The number of aromatic nitrogens is 4. The highest BCUT2D eigenvalue weighted by molar-refractivity contribution is 7.99. The maximum atomic E-state index is 14.9. The van der Waals surface area contributed by atoms with Gasteiger partial charge in [-0.25, -0.2) is 24.1 Å². The zero-order valence-electron chi connectivity index (χ0n) is 19.5. The number of pyridine rings is 1. The third-order valence-electron chi connectivity index (χ3n) is 7.47. The van der Waals surface area contributed by atoms with Crippen LogP contribution in [0.5, 0.6) is 0 Å². The van der Waals surface area contributed by atoms with Crippen LogP contribution in [0, 0.1) is 17.7 Å². The van der Waals surface area contributed by atoms with Crippen molar-refractivity contribution in [1.29, 1.82) is 0 Å². The molecule has 3 unspecified atom stereocenters. The molecular weight excluding hydrogens is 517 g/mol. The SMILES string of the molecule is Nc1nccc(Sc2cnc3[nH]c(N4CCC5C(C4)C5(CNC(=O)O)c4ccccc4F)cc3n2)c1Cl. The summed E-state index contributed by atoms with van der Waals surface area (Å²) in [5.74, 6) is 1.16. The zero-order chi connectivity index (χ0) is 25.7. The van der Waals surface area contributed by atoms with Gasteiger partial charge in [0, 0.05) is 42.2 Å². The average molecular weight is 540 g/mol. The first-order valence-electron chi connectivity index (χ1n) is 11.8. The lowest BCUT2D eigenvalue weighted by molar-refractivity contribution is 0.192. The summed E-state index contributed by atoms with van der Waals surface area (Å²) in [4.78, 5) is 30.8. The van der Waals surface area contributed by atoms with Gasteiger partial charge in [0.15, 0.2) is 5.65 Å². The monoisotopic (exact) mass is 539 g/mol. The van der Waals surface area contributed by atoms with E-state index in [0.717, 1.165) is 23.7 Å². The van der Waals surface area contributed by atoms with Crippen LogP contribution in [0.25, 0.3) is 11.2 Å². The standard InChI is InChI=1S/C25H23ClFN7O2S/c26-21-18(5-7-29-22(21)28)37-20-10-30-23-17(32-20)9-19(33-23)34-8-6-13-15(11-34)25(13,12-31-24(35)36)14-3-1-2-4-16(14)27/h1-5,7,9-10,13,15,31H,6,8,11-12H2,(H2,28,29)(H,30,33)(H,35,36). The fraction of sp³-hybridized carbons (Fsp3) is 0.280. The Morgan fingerprint density at radius 2 is 2.16 bits per heavy atom. The number of carbonyl (C=O) groups is 1. The first-order valence-corrected chi connectivity index (χ1v) is 13.0. The van der Waals surface area contributed by atoms with Crippen molar-refractivity contribution < 1.29 is 14.3 Å². The number of fused-ring (bicyclic) bond motifs is 2. The summed E-state index contributed by atoms with van der Waals surface area (Å²) in [6.07, 6.45) is 2.99. The van der Waals surface area contributed by atoms with Gasteiger partial charge in [0.2, 0.25) is 0 Å². The molecule has 190 valence electrons. The Kier molecular flexibility index (Phi) is 5.84. The van der Waals surface area contributed by atoms with Gasteiger partial charge in [-0.15, -0.1) is 0 Å². The molecule has 2 fully saturated rings. The number of nitrogens with zero attached hydrogens (tertiary/aromatic N) is 4. The summed E-state index contributed by atoms with van der Waals surface area (Å²) in [6.45, 7) is 1.61. The first-order chi connectivity index (χ1) is 17.9. The van der Waals surface area contributed by atoms with Crippen molar-refractivity contribution in [3.05, 3.63) is 65.2 Å². The van der Waals surface area contributed by atoms with E-state index in [1.165, 1.54) is 17.8 Å². The molecule has 0 bridgehead atoms. The number of nitrogens with two attached hydrogens (primary N) is 1. The van der Waals surface area contributed by atoms with Crippen LogP contribution >= 0.6 is 23.4 Å². The highest BCUT2D eigenvalue weighted by atomic mass is 35.5. The van der Waals surface area contributed by atoms with Crippen LogP contribution in [-0.2, 0) is 5.41 Å². The lowest BCUT2D eigenvalue weighted by Gasteiger charge is -2.26. The van der Waals surface area contributed by atoms with E-state index in [2.05, 4.69) is 25.2 Å². The van der Waals surface area contributed by atoms with E-state index >= 15 is 0 Å². The number of benzene rings is 1. The number of nitrogens with one attached hydrogen (secondary N) is 2. The molecular formula is C25H23ClFN7O2S. The van der Waals surface area contributed by atoms with Gasteiger partial charge in [-0.1, -0.05) is 41.6 Å². The lowest BCUT2D eigenvalue weighted by Crippen LogP contribution is -2.35. The predicted molar refractivity (Wildman–Crippen MR) is 140 cm³/mol. The molecule has 3 aromatic heterocycles. The topological polar surface area (TPSA) is 133 Å². The fourth-order valence-corrected chi connectivity index (χ4v) is 6.76. The van der Waals surface area contributed by atoms with E-state index in [-0.39, 0.29) is 30.0 Å². The molecule has 0 radical (unpaired) electrons. The fourth-order valence-electron chi connectivity index (χ4n) is 5.74. The van der Waals surface area contributed by atoms with Gasteiger partial charge in [0.05, 0.1) is 11.2 Å². The maximum absolute atomic E-state index is 14.9. The second-order valence-corrected chi connectivity index (χ2v) is 10.8.